The maximum atomic E-state index is 13.5. The van der Waals surface area contributed by atoms with Crippen molar-refractivity contribution < 1.29 is 17.9 Å². The second-order valence-electron chi connectivity index (χ2n) is 8.86. The van der Waals surface area contributed by atoms with Crippen molar-refractivity contribution >= 4 is 26.6 Å². The Kier molecular flexibility index (Phi) is 7.83. The van der Waals surface area contributed by atoms with E-state index in [2.05, 4.69) is 3.77 Å². The van der Waals surface area contributed by atoms with Crippen molar-refractivity contribution in [3.05, 3.63) is 126 Å². The van der Waals surface area contributed by atoms with Gasteiger partial charge in [0.25, 0.3) is 10.0 Å². The topological polar surface area (TPSA) is 77.3 Å². The molecule has 38 heavy (non-hydrogen) atoms. The summed E-state index contributed by atoms with van der Waals surface area (Å²) < 4.78 is 43.3. The summed E-state index contributed by atoms with van der Waals surface area (Å²) in [5, 5.41) is 0. The third-order valence-corrected chi connectivity index (χ3v) is 9.86. The maximum Gasteiger partial charge on any atom is 0.288 e. The minimum absolute atomic E-state index is 0.160. The van der Waals surface area contributed by atoms with Gasteiger partial charge in [0, 0.05) is 16.9 Å². The molecule has 8 heteroatoms. The lowest BCUT2D eigenvalue weighted by molar-refractivity contribution is 0.120. The zero-order chi connectivity index (χ0) is 26.5. The van der Waals surface area contributed by atoms with Gasteiger partial charge in [0.2, 0.25) is 5.90 Å². The van der Waals surface area contributed by atoms with Crippen LogP contribution >= 0.6 is 0 Å². The van der Waals surface area contributed by atoms with Crippen LogP contribution in [0.1, 0.15) is 22.8 Å². The second-order valence-corrected chi connectivity index (χ2v) is 12.4. The molecular weight excluding hydrogens is 516 g/mol. The highest BCUT2D eigenvalue weighted by Gasteiger charge is 2.34. The molecule has 0 saturated carbocycles. The monoisotopic (exact) mass is 544 g/mol. The van der Waals surface area contributed by atoms with Gasteiger partial charge in [0.1, 0.15) is 6.04 Å². The molecule has 6 nitrogen and oxygen atoms in total. The molecule has 0 aromatic heterocycles. The summed E-state index contributed by atoms with van der Waals surface area (Å²) in [6, 6.07) is 33.5. The Labute approximate surface area is 226 Å². The Morgan fingerprint density at radius 2 is 1.50 bits per heavy atom. The van der Waals surface area contributed by atoms with Gasteiger partial charge >= 0.3 is 0 Å². The first-order valence-corrected chi connectivity index (χ1v) is 14.8. The molecule has 3 atom stereocenters. The Bertz CT molecular complexity index is 1570. The molecule has 0 bridgehead atoms. The van der Waals surface area contributed by atoms with Gasteiger partial charge in [0.15, 0.2) is 6.10 Å². The van der Waals surface area contributed by atoms with Gasteiger partial charge < -0.3 is 9.47 Å². The van der Waals surface area contributed by atoms with E-state index in [1.165, 1.54) is 0 Å². The fourth-order valence-electron chi connectivity index (χ4n) is 4.23. The van der Waals surface area contributed by atoms with E-state index in [4.69, 9.17) is 14.5 Å². The van der Waals surface area contributed by atoms with Gasteiger partial charge in [-0.25, -0.2) is 4.99 Å². The van der Waals surface area contributed by atoms with Crippen LogP contribution in [0.5, 0.6) is 0 Å². The van der Waals surface area contributed by atoms with Crippen LogP contribution in [-0.2, 0) is 30.2 Å². The smallest absolute Gasteiger partial charge is 0.288 e. The van der Waals surface area contributed by atoms with Gasteiger partial charge in [-0.3, -0.25) is 0 Å². The van der Waals surface area contributed by atoms with E-state index in [0.29, 0.717) is 18.1 Å². The molecule has 0 aliphatic carbocycles. The van der Waals surface area contributed by atoms with Crippen LogP contribution in [0.15, 0.2) is 133 Å². The first kappa shape index (κ1) is 26.0. The molecule has 194 valence electrons. The average molecular weight is 545 g/mol. The number of hydrogen-bond donors (Lipinski definition) is 0. The molecule has 0 amide bonds. The van der Waals surface area contributed by atoms with Crippen LogP contribution in [0.4, 0.5) is 0 Å². The van der Waals surface area contributed by atoms with Gasteiger partial charge in [-0.05, 0) is 59.6 Å². The Morgan fingerprint density at radius 1 is 0.868 bits per heavy atom. The number of aliphatic imine (C=N–C) groups is 1. The fraction of sp³-hybridized carbons (Fsp3) is 0.167. The SMILES string of the molecule is COC[C@@H]1N=C(c2ccccc2/[S@@](=N/S(=O)(=O)c2ccc(C)cc2)c2ccccc2)O[C@H]1c1ccccc1. The number of sulfonamides is 1. The Balaban J connectivity index is 1.62. The van der Waals surface area contributed by atoms with Crippen molar-refractivity contribution in [2.24, 2.45) is 8.76 Å². The number of nitrogens with zero attached hydrogens (tertiary/aromatic N) is 2. The summed E-state index contributed by atoms with van der Waals surface area (Å²) in [4.78, 5) is 6.55. The quantitative estimate of drug-likeness (QED) is 0.267. The molecule has 4 aromatic carbocycles. The molecule has 0 radical (unpaired) electrons. The van der Waals surface area contributed by atoms with E-state index in [1.54, 1.807) is 31.4 Å². The summed E-state index contributed by atoms with van der Waals surface area (Å²) in [6.07, 6.45) is -0.314. The highest BCUT2D eigenvalue weighted by Crippen LogP contribution is 2.34. The maximum absolute atomic E-state index is 13.5. The van der Waals surface area contributed by atoms with Crippen molar-refractivity contribution in [3.63, 3.8) is 0 Å². The predicted molar refractivity (Wildman–Crippen MR) is 150 cm³/mol. The van der Waals surface area contributed by atoms with Crippen LogP contribution in [0.3, 0.4) is 0 Å². The van der Waals surface area contributed by atoms with Gasteiger partial charge in [-0.2, -0.15) is 8.42 Å². The minimum atomic E-state index is -3.95. The summed E-state index contributed by atoms with van der Waals surface area (Å²) in [6.45, 7) is 2.31. The standard InChI is InChI=1S/C30H28N2O4S2/c1-22-17-19-25(20-18-22)38(33,34)32-37(24-13-7-4-8-14-24)28-16-10-9-15-26(28)30-31-27(21-35-2)29(36-30)23-11-5-3-6-12-23/h3-20,27,29H,21H2,1-2H3/t27-,29-,37-/m0/s1. The fourth-order valence-corrected chi connectivity index (χ4v) is 7.75. The largest absolute Gasteiger partial charge is 0.467 e. The molecule has 1 aliphatic heterocycles. The van der Waals surface area contributed by atoms with Crippen molar-refractivity contribution in [2.45, 2.75) is 33.8 Å². The van der Waals surface area contributed by atoms with E-state index >= 15 is 0 Å². The lowest BCUT2D eigenvalue weighted by Gasteiger charge is -2.18. The third kappa shape index (κ3) is 5.62. The highest BCUT2D eigenvalue weighted by molar-refractivity contribution is 8.00. The lowest BCUT2D eigenvalue weighted by Crippen LogP contribution is -2.19. The average Bonchev–Trinajstić information content (AvgIpc) is 3.37. The van der Waals surface area contributed by atoms with Gasteiger partial charge in [0.05, 0.1) is 17.1 Å². The van der Waals surface area contributed by atoms with Crippen molar-refractivity contribution in [1.29, 1.82) is 0 Å². The van der Waals surface area contributed by atoms with E-state index in [9.17, 15) is 8.42 Å². The second kappa shape index (κ2) is 11.4. The van der Waals surface area contributed by atoms with E-state index < -0.39 is 20.7 Å². The minimum Gasteiger partial charge on any atom is -0.467 e. The molecule has 4 aromatic rings. The van der Waals surface area contributed by atoms with Crippen LogP contribution in [0.2, 0.25) is 0 Å². The predicted octanol–water partition coefficient (Wildman–Crippen LogP) is 6.14. The zero-order valence-electron chi connectivity index (χ0n) is 21.1. The molecule has 0 spiro atoms. The Hall–Kier alpha value is -3.59. The van der Waals surface area contributed by atoms with Crippen molar-refractivity contribution in [3.8, 4) is 0 Å². The van der Waals surface area contributed by atoms with E-state index in [1.807, 2.05) is 91.9 Å². The van der Waals surface area contributed by atoms with E-state index in [0.717, 1.165) is 20.9 Å². The van der Waals surface area contributed by atoms with Crippen LogP contribution in [0.25, 0.3) is 0 Å². The number of aryl methyl sites for hydroxylation is 1. The van der Waals surface area contributed by atoms with Crippen molar-refractivity contribution in [2.75, 3.05) is 13.7 Å². The number of rotatable bonds is 8. The van der Waals surface area contributed by atoms with Crippen LogP contribution in [0, 0.1) is 6.92 Å². The number of ether oxygens (including phenoxy) is 2. The molecule has 1 heterocycles. The molecule has 5 rings (SSSR count). The molecule has 0 saturated heterocycles. The summed E-state index contributed by atoms with van der Waals surface area (Å²) in [5.74, 6) is 0.452. The number of benzene rings is 4. The molecule has 1 aliphatic rings. The van der Waals surface area contributed by atoms with Crippen LogP contribution < -0.4 is 0 Å². The van der Waals surface area contributed by atoms with Crippen LogP contribution in [-0.4, -0.2) is 34.1 Å². The zero-order valence-corrected chi connectivity index (χ0v) is 22.7. The first-order valence-electron chi connectivity index (χ1n) is 12.2. The lowest BCUT2D eigenvalue weighted by atomic mass is 10.0. The molecule has 0 N–H and O–H groups in total. The third-order valence-electron chi connectivity index (χ3n) is 6.12. The highest BCUT2D eigenvalue weighted by atomic mass is 32.3. The number of hydrogen-bond acceptors (Lipinski definition) is 5. The van der Waals surface area contributed by atoms with Gasteiger partial charge in [-0.15, -0.1) is 3.77 Å². The van der Waals surface area contributed by atoms with Gasteiger partial charge in [-0.1, -0.05) is 78.4 Å². The summed E-state index contributed by atoms with van der Waals surface area (Å²) >= 11 is 0. The molecular formula is C30H28N2O4S2. The van der Waals surface area contributed by atoms with E-state index in [-0.39, 0.29) is 17.0 Å². The normalized spacial score (nSPS) is 18.1. The Morgan fingerprint density at radius 3 is 2.18 bits per heavy atom. The summed E-state index contributed by atoms with van der Waals surface area (Å²) in [5.41, 5.74) is 2.69. The first-order chi connectivity index (χ1) is 18.5. The molecule has 0 unspecified atom stereocenters. The number of methoxy groups -OCH3 is 1. The molecule has 0 fully saturated rings. The summed E-state index contributed by atoms with van der Waals surface area (Å²) in [7, 11) is -3.47. The van der Waals surface area contributed by atoms with Crippen molar-refractivity contribution in [1.82, 2.24) is 0 Å².